The fraction of sp³-hybridized carbons (Fsp3) is 0.400. The fourth-order valence-corrected chi connectivity index (χ4v) is 30.9. The van der Waals surface area contributed by atoms with E-state index in [1.165, 1.54) is 0 Å². The van der Waals surface area contributed by atoms with Crippen molar-refractivity contribution in [3.63, 3.8) is 0 Å². The SMILES string of the molecule is C[Si-]1(CCCc2ccccc2O)O[Si-](C)(CCCc2ccccc2O)O[Si-](C)(CCCc2ccccc2O)O[Si-](C)(CCCc2ccccc2O)O1. The van der Waals surface area contributed by atoms with Crippen LogP contribution >= 0.6 is 0 Å². The van der Waals surface area contributed by atoms with E-state index in [2.05, 4.69) is 26.2 Å². The van der Waals surface area contributed by atoms with Crippen molar-refractivity contribution in [3.8, 4) is 23.0 Å². The van der Waals surface area contributed by atoms with Crippen molar-refractivity contribution in [2.45, 2.75) is 102 Å². The summed E-state index contributed by atoms with van der Waals surface area (Å²) in [7, 11) is -11.7. The van der Waals surface area contributed by atoms with Crippen molar-refractivity contribution in [3.05, 3.63) is 119 Å². The van der Waals surface area contributed by atoms with Crippen LogP contribution in [-0.4, -0.2) is 54.7 Å². The number of benzene rings is 4. The van der Waals surface area contributed by atoms with Gasteiger partial charge in [-0.1, -0.05) is 98.5 Å². The summed E-state index contributed by atoms with van der Waals surface area (Å²) in [5, 5.41) is 41.9. The van der Waals surface area contributed by atoms with Gasteiger partial charge in [0, 0.05) is 34.2 Å². The smallest absolute Gasteiger partial charge is 0.118 e. The number of hydrogen-bond acceptors (Lipinski definition) is 8. The number of phenols is 4. The van der Waals surface area contributed by atoms with Crippen molar-refractivity contribution >= 4 is 34.2 Å². The number of phenolic OH excluding ortho intramolecular Hbond substituents is 4. The summed E-state index contributed by atoms with van der Waals surface area (Å²) in [4.78, 5) is 0. The number of aromatic hydroxyl groups is 4. The van der Waals surface area contributed by atoms with Crippen LogP contribution in [-0.2, 0) is 42.1 Å². The van der Waals surface area contributed by atoms with Crippen molar-refractivity contribution < 1.29 is 36.9 Å². The van der Waals surface area contributed by atoms with Crippen LogP contribution in [0.4, 0.5) is 0 Å². The van der Waals surface area contributed by atoms with Crippen LogP contribution in [0.2, 0.25) is 50.4 Å². The lowest BCUT2D eigenvalue weighted by Gasteiger charge is -2.76. The monoisotopic (exact) mass is 776 g/mol. The van der Waals surface area contributed by atoms with Gasteiger partial charge in [-0.2, -0.15) is 0 Å². The maximum Gasteiger partial charge on any atom is 0.118 e. The van der Waals surface area contributed by atoms with Crippen LogP contribution in [0, 0.1) is 0 Å². The number of hydrogen-bond donors (Lipinski definition) is 4. The molecule has 0 atom stereocenters. The Balaban J connectivity index is 1.41. The summed E-state index contributed by atoms with van der Waals surface area (Å²) in [6.07, 6.45) is 6.00. The Morgan fingerprint density at radius 3 is 0.731 bits per heavy atom. The highest BCUT2D eigenvalue weighted by molar-refractivity contribution is 6.93. The molecule has 0 unspecified atom stereocenters. The quantitative estimate of drug-likeness (QED) is 0.0832. The summed E-state index contributed by atoms with van der Waals surface area (Å²) in [6, 6.07) is 32.8. The summed E-state index contributed by atoms with van der Waals surface area (Å²) in [5.41, 5.74) is 3.64. The second kappa shape index (κ2) is 17.7. The zero-order valence-electron chi connectivity index (χ0n) is 31.1. The average Bonchev–Trinajstić information content (AvgIpc) is 3.07. The third kappa shape index (κ3) is 11.4. The van der Waals surface area contributed by atoms with Crippen molar-refractivity contribution in [2.24, 2.45) is 0 Å². The van der Waals surface area contributed by atoms with Gasteiger partial charge in [0.25, 0.3) is 0 Å². The Hall–Kier alpha value is -3.21. The lowest BCUT2D eigenvalue weighted by Crippen LogP contribution is -2.67. The molecular weight excluding hydrogens is 721 g/mol. The third-order valence-electron chi connectivity index (χ3n) is 10.0. The van der Waals surface area contributed by atoms with Gasteiger partial charge in [-0.3, -0.25) is 0 Å². The van der Waals surface area contributed by atoms with E-state index in [-0.39, 0.29) is 0 Å². The molecule has 0 aromatic heterocycles. The summed E-state index contributed by atoms with van der Waals surface area (Å²) < 4.78 is 29.5. The Kier molecular flexibility index (Phi) is 13.6. The second-order valence-electron chi connectivity index (χ2n) is 14.9. The van der Waals surface area contributed by atoms with Gasteiger partial charge in [0.2, 0.25) is 0 Å². The highest BCUT2D eigenvalue weighted by Crippen LogP contribution is 2.40. The Bertz CT molecular complexity index is 1490. The predicted molar refractivity (Wildman–Crippen MR) is 216 cm³/mol. The molecule has 0 bridgehead atoms. The molecule has 52 heavy (non-hydrogen) atoms. The van der Waals surface area contributed by atoms with Crippen molar-refractivity contribution in [2.75, 3.05) is 0 Å². The van der Waals surface area contributed by atoms with Gasteiger partial charge in [0.15, 0.2) is 0 Å². The van der Waals surface area contributed by atoms with Crippen LogP contribution in [0.5, 0.6) is 23.0 Å². The molecule has 0 aliphatic carbocycles. The number of aryl methyl sites for hydroxylation is 4. The molecule has 0 radical (unpaired) electrons. The van der Waals surface area contributed by atoms with Crippen LogP contribution < -0.4 is 0 Å². The molecule has 4 N–H and O–H groups in total. The molecule has 0 amide bonds. The lowest BCUT2D eigenvalue weighted by atomic mass is 10.1. The molecule has 12 heteroatoms. The van der Waals surface area contributed by atoms with Crippen LogP contribution in [0.15, 0.2) is 97.1 Å². The Morgan fingerprint density at radius 1 is 0.346 bits per heavy atom. The molecule has 1 fully saturated rings. The first kappa shape index (κ1) is 40.0. The van der Waals surface area contributed by atoms with E-state index in [1.54, 1.807) is 24.3 Å². The van der Waals surface area contributed by atoms with E-state index in [4.69, 9.17) is 16.5 Å². The van der Waals surface area contributed by atoms with Gasteiger partial charge in [0.05, 0.1) is 0 Å². The minimum absolute atomic E-state index is 0.304. The molecule has 1 saturated heterocycles. The first-order valence-corrected chi connectivity index (χ1v) is 28.8. The summed E-state index contributed by atoms with van der Waals surface area (Å²) >= 11 is 0. The van der Waals surface area contributed by atoms with Gasteiger partial charge in [-0.15, -0.1) is 50.4 Å². The van der Waals surface area contributed by atoms with Gasteiger partial charge in [-0.05, 0) is 72.2 Å². The van der Waals surface area contributed by atoms with E-state index in [0.717, 1.165) is 72.1 Å². The highest BCUT2D eigenvalue weighted by Gasteiger charge is 2.33. The highest BCUT2D eigenvalue weighted by atomic mass is 28.5. The molecule has 0 spiro atoms. The second-order valence-corrected chi connectivity index (χ2v) is 29.2. The van der Waals surface area contributed by atoms with Crippen molar-refractivity contribution in [1.29, 1.82) is 0 Å². The molecule has 1 aliphatic heterocycles. The van der Waals surface area contributed by atoms with E-state index in [1.807, 2.05) is 72.8 Å². The maximum absolute atomic E-state index is 10.5. The fourth-order valence-electron chi connectivity index (χ4n) is 7.61. The van der Waals surface area contributed by atoms with Crippen LogP contribution in [0.25, 0.3) is 0 Å². The van der Waals surface area contributed by atoms with E-state index < -0.39 is 34.2 Å². The molecular formula is C40H56O8Si4-4. The van der Waals surface area contributed by atoms with E-state index >= 15 is 0 Å². The summed E-state index contributed by atoms with van der Waals surface area (Å²) in [6.45, 7) is 8.65. The lowest BCUT2D eigenvalue weighted by molar-refractivity contribution is 0.220. The molecule has 4 aromatic rings. The third-order valence-corrected chi connectivity index (χ3v) is 28.9. The molecule has 1 heterocycles. The van der Waals surface area contributed by atoms with Gasteiger partial charge in [0.1, 0.15) is 23.0 Å². The average molecular weight is 777 g/mol. The topological polar surface area (TPSA) is 118 Å². The standard InChI is InChI=1S/C40H56O8Si4/c1-49(29-13-21-33-17-5-9-25-37(33)41)45-50(2,30-14-22-34-18-6-10-26-38(34)42)47-52(4,32-16-24-36-20-8-12-28-40(36)44)48-51(3,46-49)31-15-23-35-19-7-11-27-39(35)43/h5-12,17-20,25-28,41-44H,13-16,21-24,29-32H2,1-4H3/q-4. The molecule has 0 saturated carbocycles. The van der Waals surface area contributed by atoms with Crippen molar-refractivity contribution in [1.82, 2.24) is 0 Å². The molecule has 1 aliphatic rings. The molecule has 4 aromatic carbocycles. The molecule has 284 valence electrons. The zero-order chi connectivity index (χ0) is 37.2. The van der Waals surface area contributed by atoms with E-state index in [9.17, 15) is 20.4 Å². The largest absolute Gasteiger partial charge is 0.731 e. The Labute approximate surface area is 314 Å². The summed E-state index contributed by atoms with van der Waals surface area (Å²) in [5.74, 6) is 1.21. The zero-order valence-corrected chi connectivity index (χ0v) is 35.1. The Morgan fingerprint density at radius 2 is 0.538 bits per heavy atom. The predicted octanol–water partition coefficient (Wildman–Crippen LogP) is 9.71. The number of para-hydroxylation sites is 4. The normalized spacial score (nSPS) is 25.0. The van der Waals surface area contributed by atoms with Gasteiger partial charge in [-0.25, -0.2) is 0 Å². The minimum atomic E-state index is -2.91. The first-order valence-electron chi connectivity index (χ1n) is 18.7. The first-order chi connectivity index (χ1) is 24.8. The van der Waals surface area contributed by atoms with Crippen LogP contribution in [0.3, 0.4) is 0 Å². The number of rotatable bonds is 16. The minimum Gasteiger partial charge on any atom is -0.731 e. The van der Waals surface area contributed by atoms with Crippen LogP contribution in [0.1, 0.15) is 47.9 Å². The van der Waals surface area contributed by atoms with Gasteiger partial charge < -0.3 is 36.9 Å². The molecule has 5 rings (SSSR count). The van der Waals surface area contributed by atoms with E-state index in [0.29, 0.717) is 48.7 Å². The molecule has 8 nitrogen and oxygen atoms in total. The van der Waals surface area contributed by atoms with Gasteiger partial charge >= 0.3 is 0 Å². The maximum atomic E-state index is 10.5.